The molecule has 2 aromatic carbocycles. The summed E-state index contributed by atoms with van der Waals surface area (Å²) in [7, 11) is 0. The molecule has 0 radical (unpaired) electrons. The van der Waals surface area contributed by atoms with E-state index in [1.807, 2.05) is 64.1 Å². The van der Waals surface area contributed by atoms with Crippen molar-refractivity contribution in [1.82, 2.24) is 19.9 Å². The molecule has 224 valence electrons. The van der Waals surface area contributed by atoms with E-state index in [-0.39, 0.29) is 47.2 Å². The first-order valence-corrected chi connectivity index (χ1v) is 12.9. The second-order valence-corrected chi connectivity index (χ2v) is 8.72. The van der Waals surface area contributed by atoms with Crippen molar-refractivity contribution in [3.05, 3.63) is 94.6 Å². The number of anilines is 4. The van der Waals surface area contributed by atoms with E-state index in [9.17, 15) is 9.59 Å². The molecule has 5 N–H and O–H groups in total. The number of benzene rings is 2. The number of carboxylic acid groups (broad SMARTS) is 1. The van der Waals surface area contributed by atoms with Gasteiger partial charge in [-0.15, -0.1) is 0 Å². The van der Waals surface area contributed by atoms with Gasteiger partial charge in [0.2, 0.25) is 11.9 Å². The number of para-hydroxylation sites is 2. The van der Waals surface area contributed by atoms with E-state index in [0.717, 1.165) is 33.6 Å². The summed E-state index contributed by atoms with van der Waals surface area (Å²) in [4.78, 5) is 38.4. The Kier molecular flexibility index (Phi) is 18.2. The third kappa shape index (κ3) is 12.4. The molecule has 2 heterocycles. The normalized spacial score (nSPS) is 9.37. The molecule has 43 heavy (non-hydrogen) atoms. The van der Waals surface area contributed by atoms with Gasteiger partial charge in [-0.25, -0.2) is 29.5 Å². The molecule has 0 aliphatic rings. The van der Waals surface area contributed by atoms with Crippen LogP contribution in [0.25, 0.3) is 0 Å². The standard InChI is InChI=1S/C15H17N3O2.C13H13N3O2.C2H6O.Na.H2O/c1-4-20-14(19)12-8-16-15(17-9-12)18-13-10(2)6-5-7-11(13)3;1-8-4-3-5-9(2)11(8)16-13-14-6-10(7-15-13)12(17)18;1-2-3;;/h5-9H,4H2,1-3H3,(H,16,17,18);3-7H,1-2H3,(H,17,18)(H,14,15,16);3H,2H2,1H3;;1H2/q;;;+1;/p-1. The molecule has 13 heteroatoms. The van der Waals surface area contributed by atoms with Crippen LogP contribution in [0.1, 0.15) is 56.8 Å². The SMILES string of the molecule is CCO.CCOC(=O)c1cnc(Nc2c(C)cccc2C)nc1.Cc1cccc(C)c1Nc1ncc(C(=O)O)cn1.[Na+].[OH-]. The van der Waals surface area contributed by atoms with Gasteiger partial charge in [-0.2, -0.15) is 0 Å². The van der Waals surface area contributed by atoms with E-state index in [0.29, 0.717) is 24.1 Å². The van der Waals surface area contributed by atoms with Gasteiger partial charge in [-0.1, -0.05) is 36.4 Å². The maximum atomic E-state index is 11.5. The first kappa shape index (κ1) is 39.1. The topological polar surface area (TPSA) is 189 Å². The van der Waals surface area contributed by atoms with Gasteiger partial charge in [-0.05, 0) is 63.8 Å². The number of ether oxygens (including phenoxy) is 1. The Bertz CT molecular complexity index is 1400. The Morgan fingerprint density at radius 3 is 1.35 bits per heavy atom. The number of aliphatic hydroxyl groups is 1. The van der Waals surface area contributed by atoms with Crippen molar-refractivity contribution in [1.29, 1.82) is 0 Å². The largest absolute Gasteiger partial charge is 1.00 e. The molecule has 0 saturated carbocycles. The molecule has 0 fully saturated rings. The number of carboxylic acids is 1. The molecule has 0 aliphatic heterocycles. The molecule has 2 aromatic heterocycles. The number of aryl methyl sites for hydroxylation is 4. The number of rotatable bonds is 7. The molecule has 0 amide bonds. The van der Waals surface area contributed by atoms with Crippen LogP contribution < -0.4 is 40.2 Å². The van der Waals surface area contributed by atoms with Crippen molar-refractivity contribution in [2.24, 2.45) is 0 Å². The fraction of sp³-hybridized carbons (Fsp3) is 0.267. The van der Waals surface area contributed by atoms with Crippen LogP contribution in [0.5, 0.6) is 0 Å². The van der Waals surface area contributed by atoms with Crippen molar-refractivity contribution in [3.63, 3.8) is 0 Å². The third-order valence-electron chi connectivity index (χ3n) is 5.50. The Hall–Kier alpha value is -3.94. The van der Waals surface area contributed by atoms with Gasteiger partial charge in [0, 0.05) is 42.8 Å². The van der Waals surface area contributed by atoms with Crippen molar-refractivity contribution in [3.8, 4) is 0 Å². The van der Waals surface area contributed by atoms with Crippen LogP contribution >= 0.6 is 0 Å². The van der Waals surface area contributed by atoms with Crippen molar-refractivity contribution < 1.29 is 59.6 Å². The van der Waals surface area contributed by atoms with Gasteiger partial charge >= 0.3 is 41.5 Å². The first-order valence-electron chi connectivity index (χ1n) is 12.9. The summed E-state index contributed by atoms with van der Waals surface area (Å²) in [5.41, 5.74) is 6.74. The van der Waals surface area contributed by atoms with Crippen LogP contribution in [-0.4, -0.2) is 60.8 Å². The molecule has 4 rings (SSSR count). The van der Waals surface area contributed by atoms with E-state index in [2.05, 4.69) is 30.6 Å². The molecular weight excluding hydrogens is 563 g/mol. The Labute approximate surface area is 273 Å². The molecule has 4 aromatic rings. The number of aliphatic hydroxyl groups excluding tert-OH is 1. The molecule has 0 atom stereocenters. The van der Waals surface area contributed by atoms with Gasteiger partial charge in [0.15, 0.2) is 0 Å². The molecule has 0 saturated heterocycles. The second kappa shape index (κ2) is 20.1. The molecule has 0 unspecified atom stereocenters. The number of carbonyl (C=O) groups is 2. The van der Waals surface area contributed by atoms with Crippen LogP contribution in [0, 0.1) is 27.7 Å². The summed E-state index contributed by atoms with van der Waals surface area (Å²) in [5.74, 6) is -0.604. The number of nitrogens with one attached hydrogen (secondary N) is 2. The first-order chi connectivity index (χ1) is 19.6. The molecule has 0 bridgehead atoms. The van der Waals surface area contributed by atoms with Crippen LogP contribution in [-0.2, 0) is 4.74 Å². The number of hydrogen-bond donors (Lipinski definition) is 4. The van der Waals surface area contributed by atoms with E-state index >= 15 is 0 Å². The van der Waals surface area contributed by atoms with Crippen LogP contribution in [0.15, 0.2) is 61.2 Å². The van der Waals surface area contributed by atoms with Crippen molar-refractivity contribution in [2.75, 3.05) is 23.8 Å². The minimum absolute atomic E-state index is 0. The smallest absolute Gasteiger partial charge is 0.870 e. The maximum Gasteiger partial charge on any atom is 1.00 e. The number of aromatic carboxylic acids is 1. The van der Waals surface area contributed by atoms with E-state index in [4.69, 9.17) is 14.9 Å². The second-order valence-electron chi connectivity index (χ2n) is 8.72. The quantitative estimate of drug-likeness (QED) is 0.179. The fourth-order valence-corrected chi connectivity index (χ4v) is 3.46. The summed E-state index contributed by atoms with van der Waals surface area (Å²) in [6.07, 6.45) is 5.48. The van der Waals surface area contributed by atoms with Crippen LogP contribution in [0.3, 0.4) is 0 Å². The fourth-order valence-electron chi connectivity index (χ4n) is 3.46. The third-order valence-corrected chi connectivity index (χ3v) is 5.50. The van der Waals surface area contributed by atoms with Crippen LogP contribution in [0.4, 0.5) is 23.3 Å². The predicted octanol–water partition coefficient (Wildman–Crippen LogP) is 2.37. The zero-order chi connectivity index (χ0) is 30.4. The zero-order valence-corrected chi connectivity index (χ0v) is 27.5. The minimum atomic E-state index is -1.03. The van der Waals surface area contributed by atoms with Gasteiger partial charge in [0.05, 0.1) is 17.7 Å². The van der Waals surface area contributed by atoms with E-state index in [1.165, 1.54) is 24.8 Å². The number of carbonyl (C=O) groups excluding carboxylic acids is 1. The monoisotopic (exact) mass is 600 g/mol. The molecular formula is C30H37N6NaO6. The number of hydrogen-bond acceptors (Lipinski definition) is 11. The zero-order valence-electron chi connectivity index (χ0n) is 25.5. The van der Waals surface area contributed by atoms with Gasteiger partial charge in [-0.3, -0.25) is 0 Å². The number of nitrogens with zero attached hydrogens (tertiary/aromatic N) is 4. The average molecular weight is 601 g/mol. The Morgan fingerprint density at radius 2 is 1.05 bits per heavy atom. The van der Waals surface area contributed by atoms with E-state index in [1.54, 1.807) is 13.8 Å². The summed E-state index contributed by atoms with van der Waals surface area (Å²) in [6.45, 7) is 12.0. The summed E-state index contributed by atoms with van der Waals surface area (Å²) < 4.78 is 4.88. The van der Waals surface area contributed by atoms with Crippen LogP contribution in [0.2, 0.25) is 0 Å². The predicted molar refractivity (Wildman–Crippen MR) is 160 cm³/mol. The van der Waals surface area contributed by atoms with Gasteiger partial charge in [0.25, 0.3) is 0 Å². The number of esters is 1. The van der Waals surface area contributed by atoms with Crippen molar-refractivity contribution in [2.45, 2.75) is 41.5 Å². The molecule has 12 nitrogen and oxygen atoms in total. The Balaban J connectivity index is 0.000000724. The van der Waals surface area contributed by atoms with E-state index < -0.39 is 11.9 Å². The minimum Gasteiger partial charge on any atom is -0.870 e. The summed E-state index contributed by atoms with van der Waals surface area (Å²) >= 11 is 0. The van der Waals surface area contributed by atoms with Gasteiger partial charge in [0.1, 0.15) is 0 Å². The maximum absolute atomic E-state index is 11.5. The summed E-state index contributed by atoms with van der Waals surface area (Å²) in [5, 5.41) is 22.6. The summed E-state index contributed by atoms with van der Waals surface area (Å²) in [6, 6.07) is 12.0. The van der Waals surface area contributed by atoms with Crippen molar-refractivity contribution >= 4 is 35.2 Å². The number of aromatic nitrogens is 4. The molecule has 0 spiro atoms. The van der Waals surface area contributed by atoms with Gasteiger partial charge < -0.3 is 31.1 Å². The molecule has 0 aliphatic carbocycles. The Morgan fingerprint density at radius 1 is 0.721 bits per heavy atom. The average Bonchev–Trinajstić information content (AvgIpc) is 2.94.